The molecule has 4 aromatic carbocycles. The van der Waals surface area contributed by atoms with E-state index in [0.717, 1.165) is 8.61 Å². The summed E-state index contributed by atoms with van der Waals surface area (Å²) < 4.78 is 55.1. The number of anilines is 4. The average Bonchev–Trinajstić information content (AvgIpc) is 3.18. The minimum atomic E-state index is -4.07. The molecule has 4 N–H and O–H groups in total. The van der Waals surface area contributed by atoms with E-state index in [4.69, 9.17) is 21.0 Å². The lowest BCUT2D eigenvalue weighted by atomic mass is 9.81. The minimum absolute atomic E-state index is 0.0650. The van der Waals surface area contributed by atoms with Gasteiger partial charge in [-0.1, -0.05) is 0 Å². The van der Waals surface area contributed by atoms with Crippen LogP contribution >= 0.6 is 0 Å². The van der Waals surface area contributed by atoms with Crippen LogP contribution in [-0.4, -0.2) is 73.4 Å². The van der Waals surface area contributed by atoms with E-state index in [1.165, 1.54) is 72.8 Å². The summed E-state index contributed by atoms with van der Waals surface area (Å²) in [5.74, 6) is -2.66. The molecule has 56 heavy (non-hydrogen) atoms. The fourth-order valence-corrected chi connectivity index (χ4v) is 8.89. The van der Waals surface area contributed by atoms with Crippen LogP contribution < -0.4 is 10.6 Å². The van der Waals surface area contributed by atoms with Gasteiger partial charge in [0, 0.05) is 63.2 Å². The van der Waals surface area contributed by atoms with Crippen molar-refractivity contribution >= 4 is 54.4 Å². The number of phenolic OH excluding ortho intramolecular Hbond substituents is 2. The molecule has 0 unspecified atom stereocenters. The molecule has 0 saturated carbocycles. The van der Waals surface area contributed by atoms with Gasteiger partial charge in [-0.15, -0.1) is 0 Å². The first kappa shape index (κ1) is 40.4. The molecule has 1 aliphatic rings. The Hall–Kier alpha value is -6.80. The molecule has 0 aromatic heterocycles. The number of sulfonamides is 2. The van der Waals surface area contributed by atoms with E-state index in [0.29, 0.717) is 11.4 Å². The van der Waals surface area contributed by atoms with Gasteiger partial charge >= 0.3 is 0 Å². The monoisotopic (exact) mass is 792 g/mol. The maximum atomic E-state index is 14.1. The Morgan fingerprint density at radius 1 is 0.482 bits per heavy atom. The van der Waals surface area contributed by atoms with Crippen LogP contribution in [0.2, 0.25) is 0 Å². The summed E-state index contributed by atoms with van der Waals surface area (Å²) in [5, 5.41) is 63.6. The SMILES string of the molecule is N#CCCN(CCC#N)S(=O)(=O)c1ccc(Nc2ccc(O)c3c2C(=O)c2c(O)ccc(Nc4ccc(S(=O)(=O)N(CCC#N)CCC#N)cc4)c2C3=O)cc1. The molecular formula is C38H32N8O8S2. The van der Waals surface area contributed by atoms with Gasteiger partial charge in [-0.25, -0.2) is 16.8 Å². The van der Waals surface area contributed by atoms with Crippen LogP contribution in [0, 0.1) is 45.3 Å². The Balaban J connectivity index is 1.44. The molecular weight excluding hydrogens is 761 g/mol. The number of phenols is 2. The molecule has 284 valence electrons. The maximum Gasteiger partial charge on any atom is 0.243 e. The molecule has 16 nitrogen and oxygen atoms in total. The van der Waals surface area contributed by atoms with E-state index in [2.05, 4.69) is 10.6 Å². The number of fused-ring (bicyclic) bond motifs is 2. The van der Waals surface area contributed by atoms with Crippen LogP contribution in [0.1, 0.15) is 57.5 Å². The van der Waals surface area contributed by atoms with Crippen LogP contribution in [0.5, 0.6) is 11.5 Å². The van der Waals surface area contributed by atoms with Crippen molar-refractivity contribution in [2.24, 2.45) is 0 Å². The van der Waals surface area contributed by atoms with E-state index in [1.54, 1.807) is 0 Å². The Morgan fingerprint density at radius 3 is 1.07 bits per heavy atom. The summed E-state index contributed by atoms with van der Waals surface area (Å²) in [5.41, 5.74) is -0.496. The van der Waals surface area contributed by atoms with E-state index >= 15 is 0 Å². The van der Waals surface area contributed by atoms with Crippen LogP contribution in [0.3, 0.4) is 0 Å². The van der Waals surface area contributed by atoms with Crippen molar-refractivity contribution < 1.29 is 36.6 Å². The fraction of sp³-hybridized carbons (Fsp3) is 0.211. The number of benzene rings is 4. The number of hydrogen-bond acceptors (Lipinski definition) is 14. The van der Waals surface area contributed by atoms with E-state index in [1.807, 2.05) is 24.3 Å². The molecule has 0 amide bonds. The molecule has 0 fully saturated rings. The lowest BCUT2D eigenvalue weighted by Crippen LogP contribution is -2.32. The molecule has 0 saturated heterocycles. The number of ketones is 2. The molecule has 0 spiro atoms. The third-order valence-corrected chi connectivity index (χ3v) is 12.5. The van der Waals surface area contributed by atoms with E-state index in [9.17, 15) is 36.6 Å². The van der Waals surface area contributed by atoms with Crippen LogP contribution in [0.4, 0.5) is 22.7 Å². The molecule has 0 radical (unpaired) electrons. The van der Waals surface area contributed by atoms with Gasteiger partial charge in [-0.2, -0.15) is 29.7 Å². The molecule has 0 heterocycles. The number of hydrogen-bond donors (Lipinski definition) is 4. The Labute approximate surface area is 322 Å². The van der Waals surface area contributed by atoms with Crippen molar-refractivity contribution in [1.29, 1.82) is 21.0 Å². The van der Waals surface area contributed by atoms with Gasteiger partial charge in [0.05, 0.1) is 67.7 Å². The van der Waals surface area contributed by atoms with Crippen molar-refractivity contribution in [1.82, 2.24) is 8.61 Å². The fourth-order valence-electron chi connectivity index (χ4n) is 6.01. The molecule has 0 atom stereocenters. The predicted octanol–water partition coefficient (Wildman–Crippen LogP) is 5.00. The second kappa shape index (κ2) is 17.1. The quantitative estimate of drug-likeness (QED) is 0.0959. The standard InChI is InChI=1S/C38H32N8O8S2/c39-17-1-21-45(22-2-18-40)55(51,52)27-9-5-25(6-10-27)43-29-13-15-31(47)35-33(29)37(49)36-32(48)16-14-30(34(36)38(35)50)44-26-7-11-28(12-8-26)56(53,54)46(23-3-19-41)24-4-20-42/h5-16,43-44,47-48H,1-4,21-24H2. The van der Waals surface area contributed by atoms with Crippen molar-refractivity contribution in [3.05, 3.63) is 95.1 Å². The number of nitrogens with zero attached hydrogens (tertiary/aromatic N) is 6. The highest BCUT2D eigenvalue weighted by Crippen LogP contribution is 2.43. The predicted molar refractivity (Wildman–Crippen MR) is 201 cm³/mol. The van der Waals surface area contributed by atoms with Gasteiger partial charge in [0.25, 0.3) is 0 Å². The number of nitriles is 4. The largest absolute Gasteiger partial charge is 0.507 e. The minimum Gasteiger partial charge on any atom is -0.507 e. The molecule has 4 aromatic rings. The van der Waals surface area contributed by atoms with Crippen LogP contribution in [-0.2, 0) is 20.0 Å². The van der Waals surface area contributed by atoms with Gasteiger partial charge in [0.2, 0.25) is 31.6 Å². The van der Waals surface area contributed by atoms with Crippen LogP contribution in [0.25, 0.3) is 0 Å². The van der Waals surface area contributed by atoms with Crippen molar-refractivity contribution in [3.63, 3.8) is 0 Å². The summed E-state index contributed by atoms with van der Waals surface area (Å²) in [6.45, 7) is -0.415. The second-order valence-corrected chi connectivity index (χ2v) is 16.0. The van der Waals surface area contributed by atoms with Crippen LogP contribution in [0.15, 0.2) is 82.6 Å². The van der Waals surface area contributed by atoms with Gasteiger partial charge in [0.1, 0.15) is 11.5 Å². The van der Waals surface area contributed by atoms with Gasteiger partial charge in [-0.3, -0.25) is 9.59 Å². The molecule has 0 bridgehead atoms. The van der Waals surface area contributed by atoms with Gasteiger partial charge in [-0.05, 0) is 72.8 Å². The highest BCUT2D eigenvalue weighted by atomic mass is 32.2. The third kappa shape index (κ3) is 8.15. The molecule has 5 rings (SSSR count). The van der Waals surface area contributed by atoms with E-state index < -0.39 is 43.1 Å². The Bertz CT molecular complexity index is 2370. The van der Waals surface area contributed by atoms with Crippen molar-refractivity contribution in [3.8, 4) is 35.8 Å². The van der Waals surface area contributed by atoms with Crippen molar-refractivity contribution in [2.75, 3.05) is 36.8 Å². The number of aromatic hydroxyl groups is 2. The second-order valence-electron chi connectivity index (χ2n) is 12.2. The molecule has 18 heteroatoms. The summed E-state index contributed by atoms with van der Waals surface area (Å²) in [6, 6.07) is 23.5. The van der Waals surface area contributed by atoms with E-state index in [-0.39, 0.29) is 95.3 Å². The third-order valence-electron chi connectivity index (χ3n) is 8.71. The summed E-state index contributed by atoms with van der Waals surface area (Å²) in [4.78, 5) is 28.0. The zero-order valence-electron chi connectivity index (χ0n) is 29.4. The Morgan fingerprint density at radius 2 is 0.786 bits per heavy atom. The maximum absolute atomic E-state index is 14.1. The van der Waals surface area contributed by atoms with Gasteiger partial charge < -0.3 is 20.8 Å². The number of rotatable bonds is 16. The smallest absolute Gasteiger partial charge is 0.243 e. The first-order chi connectivity index (χ1) is 26.8. The average molecular weight is 793 g/mol. The zero-order valence-corrected chi connectivity index (χ0v) is 31.1. The normalized spacial score (nSPS) is 12.2. The lowest BCUT2D eigenvalue weighted by molar-refractivity contribution is 0.0975. The number of carbonyl (C=O) groups is 2. The van der Waals surface area contributed by atoms with Gasteiger partial charge in [0.15, 0.2) is 0 Å². The summed E-state index contributed by atoms with van der Waals surface area (Å²) >= 11 is 0. The summed E-state index contributed by atoms with van der Waals surface area (Å²) in [7, 11) is -8.13. The molecule has 0 aliphatic heterocycles. The zero-order chi connectivity index (χ0) is 40.6. The number of nitrogens with one attached hydrogen (secondary N) is 2. The highest BCUT2D eigenvalue weighted by molar-refractivity contribution is 7.89. The lowest BCUT2D eigenvalue weighted by Gasteiger charge is -2.25. The first-order valence-electron chi connectivity index (χ1n) is 16.8. The Kier molecular flexibility index (Phi) is 12.3. The topological polar surface area (TPSA) is 269 Å². The summed E-state index contributed by atoms with van der Waals surface area (Å²) in [6.07, 6.45) is -0.297. The first-order valence-corrected chi connectivity index (χ1v) is 19.7. The van der Waals surface area contributed by atoms with Crippen molar-refractivity contribution in [2.45, 2.75) is 35.5 Å². The highest BCUT2D eigenvalue weighted by Gasteiger charge is 2.38. The number of carbonyl (C=O) groups excluding carboxylic acids is 2. The molecule has 1 aliphatic carbocycles.